The first-order valence-electron chi connectivity index (χ1n) is 10.0. The fourth-order valence-corrected chi connectivity index (χ4v) is 2.92. The van der Waals surface area contributed by atoms with E-state index in [2.05, 4.69) is 5.32 Å². The predicted octanol–water partition coefficient (Wildman–Crippen LogP) is 5.53. The average Bonchev–Trinajstić information content (AvgIpc) is 2.81. The van der Waals surface area contributed by atoms with Gasteiger partial charge in [-0.3, -0.25) is 9.59 Å². The molecule has 0 aliphatic carbocycles. The van der Waals surface area contributed by atoms with Crippen molar-refractivity contribution >= 4 is 29.5 Å². The van der Waals surface area contributed by atoms with Crippen LogP contribution in [0.25, 0.3) is 12.2 Å². The summed E-state index contributed by atoms with van der Waals surface area (Å²) in [6.07, 6.45) is 5.39. The van der Waals surface area contributed by atoms with Crippen molar-refractivity contribution < 1.29 is 14.3 Å². The van der Waals surface area contributed by atoms with Crippen LogP contribution in [0.15, 0.2) is 90.5 Å². The van der Waals surface area contributed by atoms with Crippen molar-refractivity contribution in [2.24, 2.45) is 0 Å². The average molecular weight is 422 g/mol. The minimum absolute atomic E-state index is 0.0562. The largest absolute Gasteiger partial charge is 0.490 e. The lowest BCUT2D eigenvalue weighted by molar-refractivity contribution is -0.112. The molecule has 3 rings (SSSR count). The Bertz CT molecular complexity index is 1200. The summed E-state index contributed by atoms with van der Waals surface area (Å²) < 4.78 is 5.74. The molecular formula is C27H22N2O3. The van der Waals surface area contributed by atoms with Gasteiger partial charge in [-0.2, -0.15) is 5.26 Å². The van der Waals surface area contributed by atoms with Crippen LogP contribution >= 0.6 is 0 Å². The molecule has 0 atom stereocenters. The number of hydrogen-bond acceptors (Lipinski definition) is 4. The van der Waals surface area contributed by atoms with Crippen LogP contribution in [-0.4, -0.2) is 18.3 Å². The van der Waals surface area contributed by atoms with Crippen LogP contribution in [-0.2, 0) is 4.79 Å². The van der Waals surface area contributed by atoms with E-state index in [1.807, 2.05) is 54.6 Å². The van der Waals surface area contributed by atoms with Crippen molar-refractivity contribution in [2.75, 3.05) is 11.9 Å². The molecule has 0 saturated heterocycles. The molecule has 158 valence electrons. The van der Waals surface area contributed by atoms with Crippen molar-refractivity contribution in [1.82, 2.24) is 0 Å². The Morgan fingerprint density at radius 2 is 1.72 bits per heavy atom. The van der Waals surface area contributed by atoms with E-state index < -0.39 is 5.91 Å². The molecule has 0 bridgehead atoms. The van der Waals surface area contributed by atoms with Gasteiger partial charge in [-0.25, -0.2) is 0 Å². The SMILES string of the molecule is CC(=O)c1cccc(NC(=O)/C(C#N)=C/c2cccc(OC/C=C/c3ccccc3)c2)c1. The molecular weight excluding hydrogens is 400 g/mol. The van der Waals surface area contributed by atoms with Crippen molar-refractivity contribution in [3.05, 3.63) is 107 Å². The van der Waals surface area contributed by atoms with Crippen molar-refractivity contribution in [3.63, 3.8) is 0 Å². The molecule has 0 heterocycles. The van der Waals surface area contributed by atoms with Gasteiger partial charge in [-0.1, -0.05) is 60.7 Å². The molecule has 3 aromatic carbocycles. The summed E-state index contributed by atoms with van der Waals surface area (Å²) in [5, 5.41) is 12.1. The van der Waals surface area contributed by atoms with E-state index in [9.17, 15) is 14.9 Å². The molecule has 0 saturated carbocycles. The van der Waals surface area contributed by atoms with Gasteiger partial charge in [0.15, 0.2) is 5.78 Å². The zero-order chi connectivity index (χ0) is 22.8. The molecule has 0 aliphatic heterocycles. The van der Waals surface area contributed by atoms with Crippen molar-refractivity contribution in [3.8, 4) is 11.8 Å². The van der Waals surface area contributed by atoms with Gasteiger partial charge in [0.05, 0.1) is 0 Å². The zero-order valence-corrected chi connectivity index (χ0v) is 17.6. The maximum atomic E-state index is 12.5. The van der Waals surface area contributed by atoms with Gasteiger partial charge in [-0.15, -0.1) is 0 Å². The fourth-order valence-electron chi connectivity index (χ4n) is 2.92. The highest BCUT2D eigenvalue weighted by Gasteiger charge is 2.11. The van der Waals surface area contributed by atoms with Crippen LogP contribution in [0.1, 0.15) is 28.4 Å². The van der Waals surface area contributed by atoms with Gasteiger partial charge in [0.2, 0.25) is 0 Å². The first-order chi connectivity index (χ1) is 15.5. The van der Waals surface area contributed by atoms with Crippen LogP contribution in [0.2, 0.25) is 0 Å². The molecule has 0 aromatic heterocycles. The Hall–Kier alpha value is -4.43. The summed E-state index contributed by atoms with van der Waals surface area (Å²) in [4.78, 5) is 24.1. The Labute approximate surface area is 187 Å². The van der Waals surface area contributed by atoms with Crippen molar-refractivity contribution in [2.45, 2.75) is 6.92 Å². The number of nitriles is 1. The molecule has 1 N–H and O–H groups in total. The summed E-state index contributed by atoms with van der Waals surface area (Å²) in [5.41, 5.74) is 2.63. The van der Waals surface area contributed by atoms with E-state index in [0.29, 0.717) is 29.2 Å². The van der Waals surface area contributed by atoms with Crippen LogP contribution in [0.3, 0.4) is 0 Å². The molecule has 0 unspecified atom stereocenters. The molecule has 0 radical (unpaired) electrons. The van der Waals surface area contributed by atoms with E-state index in [4.69, 9.17) is 4.74 Å². The zero-order valence-electron chi connectivity index (χ0n) is 17.6. The number of anilines is 1. The van der Waals surface area contributed by atoms with Gasteiger partial charge in [0.25, 0.3) is 5.91 Å². The quantitative estimate of drug-likeness (QED) is 0.294. The second-order valence-corrected chi connectivity index (χ2v) is 6.96. The number of hydrogen-bond donors (Lipinski definition) is 1. The number of ether oxygens (including phenoxy) is 1. The standard InChI is InChI=1S/C27H22N2O3/c1-20(30)23-12-6-13-25(18-23)29-27(31)24(19-28)16-22-10-5-14-26(17-22)32-15-7-11-21-8-3-2-4-9-21/h2-14,16-18H,15H2,1H3,(H,29,31)/b11-7+,24-16+. The molecule has 0 spiro atoms. The van der Waals surface area contributed by atoms with Gasteiger partial charge in [0, 0.05) is 11.3 Å². The van der Waals surface area contributed by atoms with Crippen LogP contribution in [0.4, 0.5) is 5.69 Å². The second-order valence-electron chi connectivity index (χ2n) is 6.96. The van der Waals surface area contributed by atoms with Gasteiger partial charge >= 0.3 is 0 Å². The summed E-state index contributed by atoms with van der Waals surface area (Å²) in [6.45, 7) is 1.84. The van der Waals surface area contributed by atoms with Crippen LogP contribution in [0, 0.1) is 11.3 Å². The van der Waals surface area contributed by atoms with Gasteiger partial charge < -0.3 is 10.1 Å². The summed E-state index contributed by atoms with van der Waals surface area (Å²) in [6, 6.07) is 25.6. The van der Waals surface area contributed by atoms with Gasteiger partial charge in [0.1, 0.15) is 24.0 Å². The minimum Gasteiger partial charge on any atom is -0.490 e. The van der Waals surface area contributed by atoms with Gasteiger partial charge in [-0.05, 0) is 54.5 Å². The number of rotatable bonds is 8. The number of carbonyl (C=O) groups excluding carboxylic acids is 2. The highest BCUT2D eigenvalue weighted by Crippen LogP contribution is 2.18. The Kier molecular flexibility index (Phi) is 7.72. The van der Waals surface area contributed by atoms with E-state index in [-0.39, 0.29) is 11.4 Å². The maximum absolute atomic E-state index is 12.5. The second kappa shape index (κ2) is 11.1. The summed E-state index contributed by atoms with van der Waals surface area (Å²) in [7, 11) is 0. The lowest BCUT2D eigenvalue weighted by Gasteiger charge is -2.07. The highest BCUT2D eigenvalue weighted by molar-refractivity contribution is 6.10. The molecule has 5 heteroatoms. The molecule has 3 aromatic rings. The number of nitrogens with one attached hydrogen (secondary N) is 1. The normalized spacial score (nSPS) is 11.1. The molecule has 0 fully saturated rings. The Balaban J connectivity index is 1.66. The summed E-state index contributed by atoms with van der Waals surface area (Å²) in [5.74, 6) is -0.0267. The smallest absolute Gasteiger partial charge is 0.266 e. The van der Waals surface area contributed by atoms with E-state index in [1.165, 1.54) is 13.0 Å². The molecule has 0 aliphatic rings. The lowest BCUT2D eigenvalue weighted by atomic mass is 10.1. The predicted molar refractivity (Wildman–Crippen MR) is 126 cm³/mol. The van der Waals surface area contributed by atoms with Crippen LogP contribution in [0.5, 0.6) is 5.75 Å². The number of ketones is 1. The van der Waals surface area contributed by atoms with E-state index in [0.717, 1.165) is 5.56 Å². The number of carbonyl (C=O) groups is 2. The first-order valence-corrected chi connectivity index (χ1v) is 10.0. The summed E-state index contributed by atoms with van der Waals surface area (Å²) >= 11 is 0. The number of amides is 1. The fraction of sp³-hybridized carbons (Fsp3) is 0.0741. The lowest BCUT2D eigenvalue weighted by Crippen LogP contribution is -2.13. The highest BCUT2D eigenvalue weighted by atomic mass is 16.5. The van der Waals surface area contributed by atoms with Crippen LogP contribution < -0.4 is 10.1 Å². The third-order valence-corrected chi connectivity index (χ3v) is 4.52. The molecule has 1 amide bonds. The first kappa shape index (κ1) is 22.3. The van der Waals surface area contributed by atoms with E-state index in [1.54, 1.807) is 42.5 Å². The minimum atomic E-state index is -0.551. The number of nitrogens with zero attached hydrogens (tertiary/aromatic N) is 1. The number of benzene rings is 3. The van der Waals surface area contributed by atoms with Crippen molar-refractivity contribution in [1.29, 1.82) is 5.26 Å². The maximum Gasteiger partial charge on any atom is 0.266 e. The topological polar surface area (TPSA) is 79.2 Å². The molecule has 32 heavy (non-hydrogen) atoms. The third kappa shape index (κ3) is 6.54. The third-order valence-electron chi connectivity index (χ3n) is 4.52. The number of Topliss-reactive ketones (excluding diaryl/α,β-unsaturated/α-hetero) is 1. The molecule has 5 nitrogen and oxygen atoms in total. The monoisotopic (exact) mass is 422 g/mol. The van der Waals surface area contributed by atoms with E-state index >= 15 is 0 Å². The Morgan fingerprint density at radius 3 is 2.47 bits per heavy atom. The Morgan fingerprint density at radius 1 is 0.969 bits per heavy atom.